The van der Waals surface area contributed by atoms with Crippen molar-refractivity contribution in [1.82, 2.24) is 20.1 Å². The molecule has 7 nitrogen and oxygen atoms in total. The molecule has 140 valence electrons. The Morgan fingerprint density at radius 1 is 1.04 bits per heavy atom. The Balaban J connectivity index is 1.61. The molecule has 0 bridgehead atoms. The van der Waals surface area contributed by atoms with Gasteiger partial charge in [0.15, 0.2) is 11.5 Å². The number of rotatable bonds is 7. The zero-order valence-corrected chi connectivity index (χ0v) is 15.6. The van der Waals surface area contributed by atoms with Gasteiger partial charge in [0, 0.05) is 43.3 Å². The Morgan fingerprint density at radius 2 is 1.85 bits per heavy atom. The summed E-state index contributed by atoms with van der Waals surface area (Å²) in [7, 11) is 5.02. The molecule has 0 fully saturated rings. The smallest absolute Gasteiger partial charge is 0.224 e. The molecule has 0 saturated heterocycles. The zero-order chi connectivity index (χ0) is 19.2. The lowest BCUT2D eigenvalue weighted by Crippen LogP contribution is -2.24. The predicted molar refractivity (Wildman–Crippen MR) is 102 cm³/mol. The quantitative estimate of drug-likeness (QED) is 0.694. The average Bonchev–Trinajstić information content (AvgIpc) is 3.13. The third-order valence-corrected chi connectivity index (χ3v) is 4.14. The standard InChI is InChI=1S/C20H22N4O3/c1-24-13-17(12-23-24)16-6-15(9-21-11-16)10-22-20(25)8-14-4-5-18(26-2)19(7-14)27-3/h4-7,9,11-13H,8,10H2,1-3H3,(H,22,25). The molecule has 2 heterocycles. The van der Waals surface area contributed by atoms with Crippen LogP contribution in [-0.4, -0.2) is 34.9 Å². The maximum atomic E-state index is 12.3. The average molecular weight is 366 g/mol. The van der Waals surface area contributed by atoms with Crippen LogP contribution in [0.4, 0.5) is 0 Å². The van der Waals surface area contributed by atoms with Crippen LogP contribution in [-0.2, 0) is 24.8 Å². The van der Waals surface area contributed by atoms with Crippen molar-refractivity contribution in [2.24, 2.45) is 7.05 Å². The second-order valence-electron chi connectivity index (χ2n) is 6.13. The fourth-order valence-electron chi connectivity index (χ4n) is 2.75. The molecule has 0 aliphatic heterocycles. The van der Waals surface area contributed by atoms with Gasteiger partial charge in [0.2, 0.25) is 5.91 Å². The molecule has 3 aromatic rings. The SMILES string of the molecule is COc1ccc(CC(=O)NCc2cncc(-c3cnn(C)c3)c2)cc1OC. The molecule has 1 aromatic carbocycles. The van der Waals surface area contributed by atoms with Crippen LogP contribution in [0.1, 0.15) is 11.1 Å². The second-order valence-corrected chi connectivity index (χ2v) is 6.13. The number of carbonyl (C=O) groups is 1. The number of ether oxygens (including phenoxy) is 2. The van der Waals surface area contributed by atoms with Gasteiger partial charge in [0.1, 0.15) is 0 Å². The molecule has 3 rings (SSSR count). The van der Waals surface area contributed by atoms with E-state index < -0.39 is 0 Å². The Bertz CT molecular complexity index is 936. The molecule has 0 saturated carbocycles. The number of aromatic nitrogens is 3. The van der Waals surface area contributed by atoms with Gasteiger partial charge in [-0.15, -0.1) is 0 Å². The molecule has 7 heteroatoms. The van der Waals surface area contributed by atoms with Crippen LogP contribution in [0.2, 0.25) is 0 Å². The van der Waals surface area contributed by atoms with Crippen LogP contribution in [0.3, 0.4) is 0 Å². The highest BCUT2D eigenvalue weighted by atomic mass is 16.5. The van der Waals surface area contributed by atoms with Gasteiger partial charge in [0.05, 0.1) is 26.8 Å². The summed E-state index contributed by atoms with van der Waals surface area (Å²) in [6.45, 7) is 0.410. The molecule has 27 heavy (non-hydrogen) atoms. The lowest BCUT2D eigenvalue weighted by atomic mass is 10.1. The number of aryl methyl sites for hydroxylation is 1. The van der Waals surface area contributed by atoms with Gasteiger partial charge in [0.25, 0.3) is 0 Å². The molecule has 0 aliphatic rings. The van der Waals surface area contributed by atoms with Crippen molar-refractivity contribution in [2.45, 2.75) is 13.0 Å². The minimum absolute atomic E-state index is 0.0750. The fourth-order valence-corrected chi connectivity index (χ4v) is 2.75. The summed E-state index contributed by atoms with van der Waals surface area (Å²) in [5, 5.41) is 7.10. The molecule has 1 amide bonds. The molecule has 0 aliphatic carbocycles. The molecule has 0 atom stereocenters. The minimum atomic E-state index is -0.0750. The Labute approximate surface area is 158 Å². The third kappa shape index (κ3) is 4.63. The van der Waals surface area contributed by atoms with E-state index in [4.69, 9.17) is 9.47 Å². The summed E-state index contributed by atoms with van der Waals surface area (Å²) in [5.74, 6) is 1.17. The summed E-state index contributed by atoms with van der Waals surface area (Å²) in [6.07, 6.45) is 7.51. The van der Waals surface area contributed by atoms with Crippen LogP contribution < -0.4 is 14.8 Å². The van der Waals surface area contributed by atoms with Crippen molar-refractivity contribution in [3.63, 3.8) is 0 Å². The van der Waals surface area contributed by atoms with E-state index in [-0.39, 0.29) is 12.3 Å². The molecule has 1 N–H and O–H groups in total. The van der Waals surface area contributed by atoms with Gasteiger partial charge in [-0.25, -0.2) is 0 Å². The molecule has 2 aromatic heterocycles. The van der Waals surface area contributed by atoms with E-state index in [0.29, 0.717) is 18.0 Å². The van der Waals surface area contributed by atoms with Crippen LogP contribution in [0.5, 0.6) is 11.5 Å². The van der Waals surface area contributed by atoms with E-state index in [0.717, 1.165) is 22.3 Å². The fraction of sp³-hybridized carbons (Fsp3) is 0.250. The maximum Gasteiger partial charge on any atom is 0.224 e. The first-order valence-corrected chi connectivity index (χ1v) is 8.49. The van der Waals surface area contributed by atoms with Gasteiger partial charge in [-0.1, -0.05) is 6.07 Å². The third-order valence-electron chi connectivity index (χ3n) is 4.14. The normalized spacial score (nSPS) is 10.5. The Hall–Kier alpha value is -3.35. The number of benzene rings is 1. The Morgan fingerprint density at radius 3 is 2.56 bits per heavy atom. The monoisotopic (exact) mass is 366 g/mol. The largest absolute Gasteiger partial charge is 0.493 e. The number of carbonyl (C=O) groups excluding carboxylic acids is 1. The number of amides is 1. The molecular formula is C20H22N4O3. The molecule has 0 radical (unpaired) electrons. The molecule has 0 unspecified atom stereocenters. The van der Waals surface area contributed by atoms with E-state index >= 15 is 0 Å². The Kier molecular flexibility index (Phi) is 5.71. The van der Waals surface area contributed by atoms with Gasteiger partial charge < -0.3 is 14.8 Å². The van der Waals surface area contributed by atoms with E-state index in [2.05, 4.69) is 15.4 Å². The minimum Gasteiger partial charge on any atom is -0.493 e. The highest BCUT2D eigenvalue weighted by molar-refractivity contribution is 5.78. The lowest BCUT2D eigenvalue weighted by Gasteiger charge is -2.10. The number of nitrogens with zero attached hydrogens (tertiary/aromatic N) is 3. The van der Waals surface area contributed by atoms with Crippen molar-refractivity contribution in [3.8, 4) is 22.6 Å². The number of hydrogen-bond donors (Lipinski definition) is 1. The maximum absolute atomic E-state index is 12.3. The predicted octanol–water partition coefficient (Wildman–Crippen LogP) is 2.36. The first-order valence-electron chi connectivity index (χ1n) is 8.49. The summed E-state index contributed by atoms with van der Waals surface area (Å²) < 4.78 is 12.2. The highest BCUT2D eigenvalue weighted by Crippen LogP contribution is 2.27. The van der Waals surface area contributed by atoms with Crippen LogP contribution in [0, 0.1) is 0 Å². The van der Waals surface area contributed by atoms with Crippen molar-refractivity contribution < 1.29 is 14.3 Å². The summed E-state index contributed by atoms with van der Waals surface area (Å²) in [5.41, 5.74) is 3.74. The van der Waals surface area contributed by atoms with Gasteiger partial charge >= 0.3 is 0 Å². The van der Waals surface area contributed by atoms with Gasteiger partial charge in [-0.3, -0.25) is 14.5 Å². The molecular weight excluding hydrogens is 344 g/mol. The molecule has 0 spiro atoms. The van der Waals surface area contributed by atoms with Crippen LogP contribution in [0.15, 0.2) is 49.1 Å². The number of methoxy groups -OCH3 is 2. The van der Waals surface area contributed by atoms with Crippen LogP contribution in [0.25, 0.3) is 11.1 Å². The van der Waals surface area contributed by atoms with Gasteiger partial charge in [-0.05, 0) is 29.3 Å². The van der Waals surface area contributed by atoms with Crippen molar-refractivity contribution in [3.05, 3.63) is 60.2 Å². The second kappa shape index (κ2) is 8.35. The topological polar surface area (TPSA) is 78.3 Å². The van der Waals surface area contributed by atoms with Crippen molar-refractivity contribution in [2.75, 3.05) is 14.2 Å². The summed E-state index contributed by atoms with van der Waals surface area (Å²) in [4.78, 5) is 16.5. The van der Waals surface area contributed by atoms with E-state index in [1.165, 1.54) is 0 Å². The summed E-state index contributed by atoms with van der Waals surface area (Å²) in [6, 6.07) is 7.46. The van der Waals surface area contributed by atoms with E-state index in [1.54, 1.807) is 43.6 Å². The number of hydrogen-bond acceptors (Lipinski definition) is 5. The summed E-state index contributed by atoms with van der Waals surface area (Å²) >= 11 is 0. The number of pyridine rings is 1. The first kappa shape index (κ1) is 18.4. The van der Waals surface area contributed by atoms with Crippen molar-refractivity contribution in [1.29, 1.82) is 0 Å². The van der Waals surface area contributed by atoms with Crippen LogP contribution >= 0.6 is 0 Å². The lowest BCUT2D eigenvalue weighted by molar-refractivity contribution is -0.120. The van der Waals surface area contributed by atoms with Crippen molar-refractivity contribution >= 4 is 5.91 Å². The zero-order valence-electron chi connectivity index (χ0n) is 15.6. The number of nitrogens with one attached hydrogen (secondary N) is 1. The first-order chi connectivity index (χ1) is 13.1. The van der Waals surface area contributed by atoms with E-state index in [9.17, 15) is 4.79 Å². The van der Waals surface area contributed by atoms with Gasteiger partial charge in [-0.2, -0.15) is 5.10 Å². The van der Waals surface area contributed by atoms with E-state index in [1.807, 2.05) is 31.4 Å². The highest BCUT2D eigenvalue weighted by Gasteiger charge is 2.09.